The summed E-state index contributed by atoms with van der Waals surface area (Å²) >= 11 is 0. The largest absolute Gasteiger partial charge is 0.333 e. The third-order valence-corrected chi connectivity index (χ3v) is 5.63. The topological polar surface area (TPSA) is 64.2 Å². The molecule has 1 aromatic heterocycles. The van der Waals surface area contributed by atoms with Gasteiger partial charge in [-0.05, 0) is 57.6 Å². The van der Waals surface area contributed by atoms with Crippen molar-refractivity contribution in [2.24, 2.45) is 5.73 Å². The van der Waals surface area contributed by atoms with Gasteiger partial charge in [-0.1, -0.05) is 12.1 Å². The van der Waals surface area contributed by atoms with Crippen LogP contribution in [0.5, 0.6) is 0 Å². The van der Waals surface area contributed by atoms with Crippen molar-refractivity contribution in [2.45, 2.75) is 57.5 Å². The molecule has 0 saturated carbocycles. The number of amides is 1. The van der Waals surface area contributed by atoms with E-state index in [9.17, 15) is 9.18 Å². The van der Waals surface area contributed by atoms with Gasteiger partial charge in [-0.2, -0.15) is 5.10 Å². The van der Waals surface area contributed by atoms with Crippen molar-refractivity contribution >= 4 is 18.3 Å². The Bertz CT molecular complexity index is 835. The Kier molecular flexibility index (Phi) is 5.86. The van der Waals surface area contributed by atoms with Crippen molar-refractivity contribution in [1.82, 2.24) is 14.7 Å². The number of piperidine rings is 1. The van der Waals surface area contributed by atoms with E-state index in [1.165, 1.54) is 6.07 Å². The lowest BCUT2D eigenvalue weighted by atomic mass is 9.96. The molecule has 1 amide bonds. The highest BCUT2D eigenvalue weighted by Crippen LogP contribution is 2.31. The molecular formula is C20H26ClFN4O. The smallest absolute Gasteiger partial charge is 0.274 e. The van der Waals surface area contributed by atoms with Gasteiger partial charge in [0.05, 0.1) is 0 Å². The molecule has 0 spiro atoms. The molecule has 1 saturated heterocycles. The summed E-state index contributed by atoms with van der Waals surface area (Å²) in [6, 6.07) is 6.57. The standard InChI is InChI=1S/C20H25FN4O.ClH/c1-13(22)16-9-4-5-12-24(16)20(26)19-14-7-6-11-17(14)25(23-19)18-10-3-2-8-15(18)21;/h2-3,8,10,13,16H,4-7,9,11-12,22H2,1H3;1H. The number of carbonyl (C=O) groups is 1. The number of para-hydroxylation sites is 1. The predicted molar refractivity (Wildman–Crippen MR) is 105 cm³/mol. The molecule has 1 aliphatic carbocycles. The van der Waals surface area contributed by atoms with Gasteiger partial charge < -0.3 is 10.6 Å². The first kappa shape index (κ1) is 19.8. The lowest BCUT2D eigenvalue weighted by molar-refractivity contribution is 0.0576. The molecule has 2 aromatic rings. The molecule has 0 radical (unpaired) electrons. The van der Waals surface area contributed by atoms with Gasteiger partial charge >= 0.3 is 0 Å². The lowest BCUT2D eigenvalue weighted by Gasteiger charge is -2.37. The minimum absolute atomic E-state index is 0. The van der Waals surface area contributed by atoms with Crippen LogP contribution in [0.4, 0.5) is 4.39 Å². The van der Waals surface area contributed by atoms with Gasteiger partial charge in [0.2, 0.25) is 0 Å². The quantitative estimate of drug-likeness (QED) is 0.871. The van der Waals surface area contributed by atoms with Crippen molar-refractivity contribution in [3.63, 3.8) is 0 Å². The molecule has 4 rings (SSSR count). The van der Waals surface area contributed by atoms with Crippen LogP contribution in [-0.4, -0.2) is 39.2 Å². The molecule has 1 fully saturated rings. The second-order valence-electron chi connectivity index (χ2n) is 7.41. The zero-order valence-electron chi connectivity index (χ0n) is 15.5. The van der Waals surface area contributed by atoms with Gasteiger partial charge in [0.15, 0.2) is 5.69 Å². The third-order valence-electron chi connectivity index (χ3n) is 5.63. The minimum Gasteiger partial charge on any atom is -0.333 e. The fourth-order valence-corrected chi connectivity index (χ4v) is 4.32. The van der Waals surface area contributed by atoms with Gasteiger partial charge in [0.25, 0.3) is 5.91 Å². The Balaban J connectivity index is 0.00000210. The first-order chi connectivity index (χ1) is 12.6. The van der Waals surface area contributed by atoms with Crippen molar-refractivity contribution in [1.29, 1.82) is 0 Å². The first-order valence-corrected chi connectivity index (χ1v) is 9.50. The molecule has 2 unspecified atom stereocenters. The van der Waals surface area contributed by atoms with Gasteiger partial charge in [0.1, 0.15) is 11.5 Å². The summed E-state index contributed by atoms with van der Waals surface area (Å²) in [7, 11) is 0. The van der Waals surface area contributed by atoms with E-state index in [-0.39, 0.29) is 36.2 Å². The summed E-state index contributed by atoms with van der Waals surface area (Å²) < 4.78 is 15.9. The Morgan fingerprint density at radius 3 is 2.78 bits per heavy atom. The maximum Gasteiger partial charge on any atom is 0.274 e. The zero-order chi connectivity index (χ0) is 18.3. The van der Waals surface area contributed by atoms with Crippen LogP contribution in [0.3, 0.4) is 0 Å². The molecule has 2 N–H and O–H groups in total. The van der Waals surface area contributed by atoms with E-state index in [0.29, 0.717) is 17.9 Å². The fourth-order valence-electron chi connectivity index (χ4n) is 4.32. The highest BCUT2D eigenvalue weighted by atomic mass is 35.5. The molecule has 27 heavy (non-hydrogen) atoms. The van der Waals surface area contributed by atoms with Crippen molar-refractivity contribution in [3.8, 4) is 5.69 Å². The molecule has 1 aromatic carbocycles. The number of benzene rings is 1. The van der Waals surface area contributed by atoms with Crippen molar-refractivity contribution in [2.75, 3.05) is 6.54 Å². The van der Waals surface area contributed by atoms with E-state index in [1.807, 2.05) is 11.8 Å². The lowest BCUT2D eigenvalue weighted by Crippen LogP contribution is -2.51. The van der Waals surface area contributed by atoms with Crippen molar-refractivity contribution < 1.29 is 9.18 Å². The number of hydrogen-bond acceptors (Lipinski definition) is 3. The van der Waals surface area contributed by atoms with Gasteiger partial charge in [-0.25, -0.2) is 9.07 Å². The third kappa shape index (κ3) is 3.48. The van der Waals surface area contributed by atoms with Gasteiger partial charge in [0, 0.05) is 29.9 Å². The van der Waals surface area contributed by atoms with E-state index >= 15 is 0 Å². The molecule has 0 bridgehead atoms. The highest BCUT2D eigenvalue weighted by Gasteiger charge is 2.35. The number of likely N-dealkylation sites (tertiary alicyclic amines) is 1. The van der Waals surface area contributed by atoms with Crippen LogP contribution in [0.1, 0.15) is 54.4 Å². The average Bonchev–Trinajstić information content (AvgIpc) is 3.24. The number of halogens is 2. The van der Waals surface area contributed by atoms with Gasteiger partial charge in [-0.3, -0.25) is 4.79 Å². The zero-order valence-corrected chi connectivity index (χ0v) is 16.3. The number of nitrogens with zero attached hydrogens (tertiary/aromatic N) is 3. The van der Waals surface area contributed by atoms with Crippen LogP contribution in [0.2, 0.25) is 0 Å². The Morgan fingerprint density at radius 1 is 1.26 bits per heavy atom. The van der Waals surface area contributed by atoms with E-state index in [4.69, 9.17) is 5.73 Å². The Hall–Kier alpha value is -1.92. The number of fused-ring (bicyclic) bond motifs is 1. The summed E-state index contributed by atoms with van der Waals surface area (Å²) in [5.41, 5.74) is 8.97. The Morgan fingerprint density at radius 2 is 2.04 bits per heavy atom. The summed E-state index contributed by atoms with van der Waals surface area (Å²) in [4.78, 5) is 15.2. The minimum atomic E-state index is -0.324. The summed E-state index contributed by atoms with van der Waals surface area (Å²) in [5, 5.41) is 4.58. The second-order valence-corrected chi connectivity index (χ2v) is 7.41. The van der Waals surface area contributed by atoms with E-state index < -0.39 is 0 Å². The van der Waals surface area contributed by atoms with Crippen LogP contribution >= 0.6 is 12.4 Å². The average molecular weight is 393 g/mol. The maximum absolute atomic E-state index is 14.3. The molecule has 2 atom stereocenters. The summed E-state index contributed by atoms with van der Waals surface area (Å²) in [6.07, 6.45) is 5.63. The Labute approximate surface area is 165 Å². The number of nitrogens with two attached hydrogens (primary N) is 1. The normalized spacial score (nSPS) is 20.1. The molecule has 2 heterocycles. The monoisotopic (exact) mass is 392 g/mol. The molecule has 146 valence electrons. The van der Waals surface area contributed by atoms with E-state index in [2.05, 4.69) is 5.10 Å². The van der Waals surface area contributed by atoms with Crippen LogP contribution in [-0.2, 0) is 12.8 Å². The number of carbonyl (C=O) groups excluding carboxylic acids is 1. The number of hydrogen-bond donors (Lipinski definition) is 1. The predicted octanol–water partition coefficient (Wildman–Crippen LogP) is 3.26. The van der Waals surface area contributed by atoms with Crippen LogP contribution in [0.15, 0.2) is 24.3 Å². The van der Waals surface area contributed by atoms with E-state index in [0.717, 1.165) is 49.8 Å². The second kappa shape index (κ2) is 7.98. The van der Waals surface area contributed by atoms with Crippen LogP contribution in [0.25, 0.3) is 5.69 Å². The molecule has 2 aliphatic rings. The van der Waals surface area contributed by atoms with Crippen molar-refractivity contribution in [3.05, 3.63) is 47.0 Å². The molecular weight excluding hydrogens is 367 g/mol. The van der Waals surface area contributed by atoms with Gasteiger partial charge in [-0.15, -0.1) is 12.4 Å². The summed E-state index contributed by atoms with van der Waals surface area (Å²) in [5.74, 6) is -0.379. The van der Waals surface area contributed by atoms with Crippen LogP contribution < -0.4 is 5.73 Å². The fraction of sp³-hybridized carbons (Fsp3) is 0.500. The maximum atomic E-state index is 14.3. The first-order valence-electron chi connectivity index (χ1n) is 9.50. The molecule has 7 heteroatoms. The number of rotatable bonds is 3. The SMILES string of the molecule is CC(N)C1CCCCN1C(=O)c1nn(-c2ccccc2F)c2c1CCC2.Cl. The highest BCUT2D eigenvalue weighted by molar-refractivity contribution is 5.94. The number of aromatic nitrogens is 2. The summed E-state index contributed by atoms with van der Waals surface area (Å²) in [6.45, 7) is 2.67. The van der Waals surface area contributed by atoms with E-state index in [1.54, 1.807) is 22.9 Å². The molecule has 5 nitrogen and oxygen atoms in total. The van der Waals surface area contributed by atoms with Crippen LogP contribution in [0, 0.1) is 5.82 Å². The molecule has 1 aliphatic heterocycles.